The number of hydrogen-bond donors (Lipinski definition) is 0. The van der Waals surface area contributed by atoms with Crippen LogP contribution in [-0.4, -0.2) is 29.2 Å². The molecule has 0 N–H and O–H groups in total. The van der Waals surface area contributed by atoms with Crippen LogP contribution in [0.5, 0.6) is 5.75 Å². The van der Waals surface area contributed by atoms with E-state index in [-0.39, 0.29) is 17.6 Å². The van der Waals surface area contributed by atoms with E-state index < -0.39 is 0 Å². The highest BCUT2D eigenvalue weighted by Crippen LogP contribution is 2.32. The third-order valence-corrected chi connectivity index (χ3v) is 2.89. The van der Waals surface area contributed by atoms with Gasteiger partial charge >= 0.3 is 0 Å². The van der Waals surface area contributed by atoms with Gasteiger partial charge in [-0.1, -0.05) is 0 Å². The molecule has 82 valence electrons. The van der Waals surface area contributed by atoms with Gasteiger partial charge in [0.2, 0.25) is 0 Å². The Morgan fingerprint density at radius 3 is 3.07 bits per heavy atom. The lowest BCUT2D eigenvalue weighted by atomic mass is 9.91. The third kappa shape index (κ3) is 2.41. The summed E-state index contributed by atoms with van der Waals surface area (Å²) in [5.74, 6) is 0.774. The van der Waals surface area contributed by atoms with Crippen LogP contribution in [0.2, 0.25) is 0 Å². The molecule has 3 unspecified atom stereocenters. The summed E-state index contributed by atoms with van der Waals surface area (Å²) < 4.78 is 11.2. The molecule has 3 atom stereocenters. The standard InChI is InChI=1S/C11H14ClNO2/c1-2-14-11-9(12)6-10(11)15-8-4-3-5-13-7-8/h3-5,7,9-11H,2,6H2,1H3. The number of rotatable bonds is 4. The first-order valence-corrected chi connectivity index (χ1v) is 5.57. The summed E-state index contributed by atoms with van der Waals surface area (Å²) in [7, 11) is 0. The minimum absolute atomic E-state index is 0.0110. The summed E-state index contributed by atoms with van der Waals surface area (Å²) in [5.41, 5.74) is 0. The maximum Gasteiger partial charge on any atom is 0.138 e. The zero-order valence-corrected chi connectivity index (χ0v) is 9.35. The zero-order valence-electron chi connectivity index (χ0n) is 8.60. The van der Waals surface area contributed by atoms with Crippen molar-refractivity contribution in [3.8, 4) is 5.75 Å². The minimum Gasteiger partial charge on any atom is -0.486 e. The third-order valence-electron chi connectivity index (χ3n) is 2.46. The monoisotopic (exact) mass is 227 g/mol. The van der Waals surface area contributed by atoms with E-state index in [0.717, 1.165) is 12.2 Å². The van der Waals surface area contributed by atoms with Crippen LogP contribution in [0.4, 0.5) is 0 Å². The van der Waals surface area contributed by atoms with Crippen LogP contribution in [0.15, 0.2) is 24.5 Å². The Labute approximate surface area is 94.4 Å². The second kappa shape index (κ2) is 4.81. The Kier molecular flexibility index (Phi) is 3.44. The van der Waals surface area contributed by atoms with Crippen LogP contribution in [0.1, 0.15) is 13.3 Å². The maximum absolute atomic E-state index is 6.03. The summed E-state index contributed by atoms with van der Waals surface area (Å²) in [6.07, 6.45) is 4.33. The number of nitrogens with zero attached hydrogens (tertiary/aromatic N) is 1. The fourth-order valence-corrected chi connectivity index (χ4v) is 2.05. The summed E-state index contributed by atoms with van der Waals surface area (Å²) in [5, 5.41) is 0.0756. The zero-order chi connectivity index (χ0) is 10.7. The number of aromatic nitrogens is 1. The predicted octanol–water partition coefficient (Wildman–Crippen LogP) is 2.25. The molecule has 1 saturated carbocycles. The molecule has 0 radical (unpaired) electrons. The molecule has 0 saturated heterocycles. The number of alkyl halides is 1. The Balaban J connectivity index is 1.91. The quantitative estimate of drug-likeness (QED) is 0.740. The number of halogens is 1. The highest BCUT2D eigenvalue weighted by Gasteiger charge is 2.42. The Morgan fingerprint density at radius 1 is 1.60 bits per heavy atom. The van der Waals surface area contributed by atoms with Crippen molar-refractivity contribution in [3.05, 3.63) is 24.5 Å². The summed E-state index contributed by atoms with van der Waals surface area (Å²) in [6, 6.07) is 3.74. The summed E-state index contributed by atoms with van der Waals surface area (Å²) >= 11 is 6.03. The van der Waals surface area contributed by atoms with Gasteiger partial charge in [-0.15, -0.1) is 11.6 Å². The van der Waals surface area contributed by atoms with Gasteiger partial charge in [-0.05, 0) is 19.1 Å². The van der Waals surface area contributed by atoms with Crippen molar-refractivity contribution in [3.63, 3.8) is 0 Å². The average molecular weight is 228 g/mol. The van der Waals surface area contributed by atoms with Crippen LogP contribution in [-0.2, 0) is 4.74 Å². The molecule has 0 amide bonds. The van der Waals surface area contributed by atoms with Crippen molar-refractivity contribution in [2.75, 3.05) is 6.61 Å². The first-order chi connectivity index (χ1) is 7.31. The van der Waals surface area contributed by atoms with E-state index in [1.807, 2.05) is 19.1 Å². The number of hydrogen-bond acceptors (Lipinski definition) is 3. The molecule has 15 heavy (non-hydrogen) atoms. The molecule has 1 aliphatic rings. The van der Waals surface area contributed by atoms with Gasteiger partial charge in [0.15, 0.2) is 0 Å². The molecular weight excluding hydrogens is 214 g/mol. The molecule has 0 aliphatic heterocycles. The van der Waals surface area contributed by atoms with E-state index in [4.69, 9.17) is 21.1 Å². The molecule has 4 heteroatoms. The SMILES string of the molecule is CCOC1C(Cl)CC1Oc1cccnc1. The lowest BCUT2D eigenvalue weighted by Crippen LogP contribution is -2.52. The van der Waals surface area contributed by atoms with E-state index in [2.05, 4.69) is 4.98 Å². The Morgan fingerprint density at radius 2 is 2.47 bits per heavy atom. The molecule has 0 aromatic carbocycles. The van der Waals surface area contributed by atoms with Crippen molar-refractivity contribution in [1.29, 1.82) is 0 Å². The maximum atomic E-state index is 6.03. The normalized spacial score (nSPS) is 29.6. The molecule has 1 heterocycles. The lowest BCUT2D eigenvalue weighted by molar-refractivity contribution is -0.0760. The van der Waals surface area contributed by atoms with Crippen molar-refractivity contribution in [1.82, 2.24) is 4.98 Å². The van der Waals surface area contributed by atoms with Crippen LogP contribution in [0, 0.1) is 0 Å². The van der Waals surface area contributed by atoms with Crippen molar-refractivity contribution in [2.24, 2.45) is 0 Å². The van der Waals surface area contributed by atoms with Crippen molar-refractivity contribution < 1.29 is 9.47 Å². The van der Waals surface area contributed by atoms with E-state index in [1.165, 1.54) is 0 Å². The van der Waals surface area contributed by atoms with Gasteiger partial charge in [-0.2, -0.15) is 0 Å². The highest BCUT2D eigenvalue weighted by atomic mass is 35.5. The van der Waals surface area contributed by atoms with Gasteiger partial charge < -0.3 is 9.47 Å². The van der Waals surface area contributed by atoms with Gasteiger partial charge in [0.1, 0.15) is 18.0 Å². The van der Waals surface area contributed by atoms with Crippen LogP contribution in [0.25, 0.3) is 0 Å². The fourth-order valence-electron chi connectivity index (χ4n) is 1.64. The summed E-state index contributed by atoms with van der Waals surface area (Å²) in [4.78, 5) is 3.99. The molecule has 0 spiro atoms. The minimum atomic E-state index is 0.0110. The molecule has 1 aromatic rings. The molecular formula is C11H14ClNO2. The first kappa shape index (κ1) is 10.7. The molecule has 2 rings (SSSR count). The molecule has 1 fully saturated rings. The Bertz CT molecular complexity index is 307. The second-order valence-corrected chi connectivity index (χ2v) is 4.08. The summed E-state index contributed by atoms with van der Waals surface area (Å²) in [6.45, 7) is 2.63. The van der Waals surface area contributed by atoms with Gasteiger partial charge in [-0.3, -0.25) is 4.98 Å². The second-order valence-electron chi connectivity index (χ2n) is 3.52. The van der Waals surface area contributed by atoms with Gasteiger partial charge in [-0.25, -0.2) is 0 Å². The van der Waals surface area contributed by atoms with Crippen LogP contribution >= 0.6 is 11.6 Å². The molecule has 0 bridgehead atoms. The lowest BCUT2D eigenvalue weighted by Gasteiger charge is -2.40. The van der Waals surface area contributed by atoms with Gasteiger partial charge in [0.25, 0.3) is 0 Å². The van der Waals surface area contributed by atoms with E-state index in [0.29, 0.717) is 6.61 Å². The average Bonchev–Trinajstić information content (AvgIpc) is 2.27. The number of pyridine rings is 1. The van der Waals surface area contributed by atoms with Crippen molar-refractivity contribution in [2.45, 2.75) is 30.9 Å². The van der Waals surface area contributed by atoms with Gasteiger partial charge in [0, 0.05) is 19.2 Å². The van der Waals surface area contributed by atoms with Crippen LogP contribution < -0.4 is 4.74 Å². The van der Waals surface area contributed by atoms with Crippen LogP contribution in [0.3, 0.4) is 0 Å². The smallest absolute Gasteiger partial charge is 0.138 e. The van der Waals surface area contributed by atoms with Crippen molar-refractivity contribution >= 4 is 11.6 Å². The number of ether oxygens (including phenoxy) is 2. The predicted molar refractivity (Wildman–Crippen MR) is 58.3 cm³/mol. The molecule has 3 nitrogen and oxygen atoms in total. The largest absolute Gasteiger partial charge is 0.486 e. The van der Waals surface area contributed by atoms with E-state index in [1.54, 1.807) is 12.4 Å². The van der Waals surface area contributed by atoms with E-state index >= 15 is 0 Å². The molecule has 1 aliphatic carbocycles. The first-order valence-electron chi connectivity index (χ1n) is 5.13. The van der Waals surface area contributed by atoms with Gasteiger partial charge in [0.05, 0.1) is 11.6 Å². The van der Waals surface area contributed by atoms with E-state index in [9.17, 15) is 0 Å². The fraction of sp³-hybridized carbons (Fsp3) is 0.545. The highest BCUT2D eigenvalue weighted by molar-refractivity contribution is 6.21. The Hall–Kier alpha value is -0.800. The topological polar surface area (TPSA) is 31.4 Å². The molecule has 1 aromatic heterocycles.